The number of aromatic amines is 1. The summed E-state index contributed by atoms with van der Waals surface area (Å²) >= 11 is 6.34. The van der Waals surface area contributed by atoms with E-state index in [9.17, 15) is 4.79 Å². The smallest absolute Gasteiger partial charge is 0.338 e. The number of fused-ring (bicyclic) bond motifs is 1. The van der Waals surface area contributed by atoms with Gasteiger partial charge in [-0.1, -0.05) is 41.9 Å². The highest BCUT2D eigenvalue weighted by Gasteiger charge is 2.16. The second-order valence-electron chi connectivity index (χ2n) is 8.00. The van der Waals surface area contributed by atoms with Crippen molar-refractivity contribution in [1.29, 1.82) is 0 Å². The molecule has 0 spiro atoms. The Kier molecular flexibility index (Phi) is 6.11. The predicted molar refractivity (Wildman–Crippen MR) is 134 cm³/mol. The van der Waals surface area contributed by atoms with Gasteiger partial charge in [0.05, 0.1) is 12.7 Å². The van der Waals surface area contributed by atoms with E-state index in [1.807, 2.05) is 85.2 Å². The third kappa shape index (κ3) is 4.43. The van der Waals surface area contributed by atoms with Crippen LogP contribution >= 0.6 is 11.6 Å². The highest BCUT2D eigenvalue weighted by molar-refractivity contribution is 6.30. The van der Waals surface area contributed by atoms with E-state index in [2.05, 4.69) is 15.6 Å². The molecule has 6 heteroatoms. The number of ether oxygens (including phenoxy) is 2. The van der Waals surface area contributed by atoms with Crippen molar-refractivity contribution >= 4 is 28.5 Å². The van der Waals surface area contributed by atoms with Gasteiger partial charge in [0, 0.05) is 51.7 Å². The summed E-state index contributed by atoms with van der Waals surface area (Å²) in [5.41, 5.74) is 5.37. The molecule has 0 aliphatic rings. The monoisotopic (exact) mass is 470 g/mol. The molecule has 5 aromatic rings. The summed E-state index contributed by atoms with van der Waals surface area (Å²) in [6, 6.07) is 25.5. The molecule has 0 aliphatic carbocycles. The largest absolute Gasteiger partial charge is 0.489 e. The standard InChI is InChI=1S/C28H23ClN2O3/c1-33-28(32)25-16-23(17-26-24(25)11-12-30-26)31-13-5-8-22(31)15-20-14-21(29)9-10-27(20)34-18-19-6-3-2-4-7-19/h2-14,16-17,30H,15,18H2,1H3. The predicted octanol–water partition coefficient (Wildman–Crippen LogP) is 6.57. The van der Waals surface area contributed by atoms with Crippen LogP contribution < -0.4 is 4.74 Å². The second kappa shape index (κ2) is 9.49. The molecule has 0 fully saturated rings. The third-order valence-electron chi connectivity index (χ3n) is 5.80. The van der Waals surface area contributed by atoms with E-state index >= 15 is 0 Å². The highest BCUT2D eigenvalue weighted by atomic mass is 35.5. The molecular weight excluding hydrogens is 448 g/mol. The number of benzene rings is 3. The van der Waals surface area contributed by atoms with Crippen LogP contribution in [-0.2, 0) is 17.8 Å². The number of methoxy groups -OCH3 is 1. The molecule has 2 aromatic heterocycles. The number of halogens is 1. The van der Waals surface area contributed by atoms with Gasteiger partial charge in [-0.05, 0) is 54.1 Å². The zero-order valence-corrected chi connectivity index (χ0v) is 19.4. The highest BCUT2D eigenvalue weighted by Crippen LogP contribution is 2.29. The van der Waals surface area contributed by atoms with E-state index < -0.39 is 0 Å². The van der Waals surface area contributed by atoms with Gasteiger partial charge in [0.25, 0.3) is 0 Å². The van der Waals surface area contributed by atoms with Gasteiger partial charge in [-0.25, -0.2) is 4.79 Å². The maximum absolute atomic E-state index is 12.4. The number of H-pyrrole nitrogens is 1. The van der Waals surface area contributed by atoms with Gasteiger partial charge in [-0.2, -0.15) is 0 Å². The number of hydrogen-bond acceptors (Lipinski definition) is 3. The van der Waals surface area contributed by atoms with Crippen molar-refractivity contribution in [1.82, 2.24) is 9.55 Å². The van der Waals surface area contributed by atoms with Gasteiger partial charge >= 0.3 is 5.97 Å². The van der Waals surface area contributed by atoms with Gasteiger partial charge in [-0.15, -0.1) is 0 Å². The SMILES string of the molecule is COC(=O)c1cc(-n2cccc2Cc2cc(Cl)ccc2OCc2ccccc2)cc2[nH]ccc12. The lowest BCUT2D eigenvalue weighted by atomic mass is 10.1. The quantitative estimate of drug-likeness (QED) is 0.274. The molecule has 0 radical (unpaired) electrons. The molecule has 5 rings (SSSR count). The van der Waals surface area contributed by atoms with Crippen molar-refractivity contribution in [3.8, 4) is 11.4 Å². The lowest BCUT2D eigenvalue weighted by molar-refractivity contribution is 0.0603. The average Bonchev–Trinajstić information content (AvgIpc) is 3.52. The zero-order valence-electron chi connectivity index (χ0n) is 18.6. The van der Waals surface area contributed by atoms with Crippen molar-refractivity contribution in [3.63, 3.8) is 0 Å². The average molecular weight is 471 g/mol. The molecule has 1 N–H and O–H groups in total. The maximum atomic E-state index is 12.4. The number of rotatable bonds is 7. The molecule has 0 saturated carbocycles. The molecular formula is C28H23ClN2O3. The van der Waals surface area contributed by atoms with E-state index in [1.165, 1.54) is 7.11 Å². The Morgan fingerprint density at radius 2 is 1.85 bits per heavy atom. The van der Waals surface area contributed by atoms with Crippen molar-refractivity contribution in [3.05, 3.63) is 119 Å². The first-order chi connectivity index (χ1) is 16.6. The fourth-order valence-electron chi connectivity index (χ4n) is 4.14. The van der Waals surface area contributed by atoms with Crippen molar-refractivity contribution < 1.29 is 14.3 Å². The summed E-state index contributed by atoms with van der Waals surface area (Å²) in [7, 11) is 1.39. The number of carbonyl (C=O) groups excluding carboxylic acids is 1. The summed E-state index contributed by atoms with van der Waals surface area (Å²) in [6.45, 7) is 0.475. The van der Waals surface area contributed by atoms with E-state index in [4.69, 9.17) is 21.1 Å². The summed E-state index contributed by atoms with van der Waals surface area (Å²) in [6.07, 6.45) is 4.41. The Balaban J connectivity index is 1.48. The molecule has 2 heterocycles. The van der Waals surface area contributed by atoms with Crippen LogP contribution in [0.2, 0.25) is 5.02 Å². The van der Waals surface area contributed by atoms with Crippen LogP contribution in [0.4, 0.5) is 0 Å². The third-order valence-corrected chi connectivity index (χ3v) is 6.04. The first-order valence-corrected chi connectivity index (χ1v) is 11.3. The molecule has 0 saturated heterocycles. The number of nitrogens with one attached hydrogen (secondary N) is 1. The first kappa shape index (κ1) is 21.9. The van der Waals surface area contributed by atoms with Gasteiger partial charge in [0.15, 0.2) is 0 Å². The van der Waals surface area contributed by atoms with Gasteiger partial charge < -0.3 is 19.0 Å². The molecule has 0 bridgehead atoms. The van der Waals surface area contributed by atoms with Crippen molar-refractivity contribution in [2.24, 2.45) is 0 Å². The number of carbonyl (C=O) groups is 1. The second-order valence-corrected chi connectivity index (χ2v) is 8.43. The summed E-state index contributed by atoms with van der Waals surface area (Å²) in [4.78, 5) is 15.6. The molecule has 34 heavy (non-hydrogen) atoms. The lowest BCUT2D eigenvalue weighted by Crippen LogP contribution is -2.06. The summed E-state index contributed by atoms with van der Waals surface area (Å²) in [5.74, 6) is 0.419. The number of aromatic nitrogens is 2. The van der Waals surface area contributed by atoms with Gasteiger partial charge in [-0.3, -0.25) is 0 Å². The van der Waals surface area contributed by atoms with Crippen molar-refractivity contribution in [2.45, 2.75) is 13.0 Å². The number of hydrogen-bond donors (Lipinski definition) is 1. The number of nitrogens with zero attached hydrogens (tertiary/aromatic N) is 1. The molecule has 0 unspecified atom stereocenters. The maximum Gasteiger partial charge on any atom is 0.338 e. The Morgan fingerprint density at radius 3 is 2.68 bits per heavy atom. The molecule has 0 aliphatic heterocycles. The molecule has 0 atom stereocenters. The van der Waals surface area contributed by atoms with Gasteiger partial charge in [0.1, 0.15) is 12.4 Å². The topological polar surface area (TPSA) is 56.2 Å². The minimum atomic E-state index is -0.369. The van der Waals surface area contributed by atoms with Crippen LogP contribution in [0, 0.1) is 0 Å². The van der Waals surface area contributed by atoms with E-state index in [1.54, 1.807) is 0 Å². The molecule has 170 valence electrons. The Labute approximate surface area is 202 Å². The minimum absolute atomic E-state index is 0.369. The Morgan fingerprint density at radius 1 is 1.00 bits per heavy atom. The summed E-state index contributed by atoms with van der Waals surface area (Å²) in [5, 5.41) is 1.48. The van der Waals surface area contributed by atoms with Crippen LogP contribution in [0.5, 0.6) is 5.75 Å². The van der Waals surface area contributed by atoms with Crippen LogP contribution in [0.3, 0.4) is 0 Å². The normalized spacial score (nSPS) is 11.0. The molecule has 5 nitrogen and oxygen atoms in total. The zero-order chi connectivity index (χ0) is 23.5. The number of esters is 1. The van der Waals surface area contributed by atoms with Gasteiger partial charge in [0.2, 0.25) is 0 Å². The molecule has 0 amide bonds. The minimum Gasteiger partial charge on any atom is -0.489 e. The first-order valence-electron chi connectivity index (χ1n) is 10.9. The van der Waals surface area contributed by atoms with E-state index in [0.717, 1.165) is 39.2 Å². The van der Waals surface area contributed by atoms with E-state index in [-0.39, 0.29) is 5.97 Å². The Hall–Kier alpha value is -3.96. The lowest BCUT2D eigenvalue weighted by Gasteiger charge is -2.15. The van der Waals surface area contributed by atoms with Crippen LogP contribution in [0.25, 0.3) is 16.6 Å². The fraction of sp³-hybridized carbons (Fsp3) is 0.107. The van der Waals surface area contributed by atoms with Crippen LogP contribution in [0.15, 0.2) is 91.3 Å². The van der Waals surface area contributed by atoms with E-state index in [0.29, 0.717) is 23.6 Å². The molecule has 3 aromatic carbocycles. The van der Waals surface area contributed by atoms with Crippen LogP contribution in [0.1, 0.15) is 27.2 Å². The Bertz CT molecular complexity index is 1450. The fourth-order valence-corrected chi connectivity index (χ4v) is 4.33. The van der Waals surface area contributed by atoms with Crippen LogP contribution in [-0.4, -0.2) is 22.6 Å². The summed E-state index contributed by atoms with van der Waals surface area (Å²) < 4.78 is 13.2. The van der Waals surface area contributed by atoms with Crippen molar-refractivity contribution in [2.75, 3.05) is 7.11 Å².